The molecule has 0 atom stereocenters. The van der Waals surface area contributed by atoms with Gasteiger partial charge in [-0.05, 0) is 43.2 Å². The fourth-order valence-electron chi connectivity index (χ4n) is 2.94. The van der Waals surface area contributed by atoms with Gasteiger partial charge >= 0.3 is 5.97 Å². The number of piperidine rings is 1. The normalized spacial score (nSPS) is 15.4. The Morgan fingerprint density at radius 2 is 1.68 bits per heavy atom. The molecule has 1 heterocycles. The highest BCUT2D eigenvalue weighted by Gasteiger charge is 2.27. The fraction of sp³-hybridized carbons (Fsp3) is 0.316. The van der Waals surface area contributed by atoms with Crippen LogP contribution >= 0.6 is 34.8 Å². The summed E-state index contributed by atoms with van der Waals surface area (Å²) in [7, 11) is -3.68. The summed E-state index contributed by atoms with van der Waals surface area (Å²) in [5.41, 5.74) is 0.567. The van der Waals surface area contributed by atoms with Crippen LogP contribution in [0.3, 0.4) is 0 Å². The zero-order chi connectivity index (χ0) is 20.3. The third kappa shape index (κ3) is 4.81. The van der Waals surface area contributed by atoms with Crippen molar-refractivity contribution in [2.24, 2.45) is 0 Å². The second-order valence-corrected chi connectivity index (χ2v) is 9.61. The van der Waals surface area contributed by atoms with E-state index in [1.807, 2.05) is 0 Å². The summed E-state index contributed by atoms with van der Waals surface area (Å²) in [6, 6.07) is 8.89. The molecule has 9 heteroatoms. The number of esters is 1. The maximum atomic E-state index is 12.8. The first-order valence-electron chi connectivity index (χ1n) is 8.70. The van der Waals surface area contributed by atoms with E-state index in [2.05, 4.69) is 0 Å². The number of carbonyl (C=O) groups is 1. The van der Waals surface area contributed by atoms with Crippen LogP contribution in [0.2, 0.25) is 15.1 Å². The second-order valence-electron chi connectivity index (χ2n) is 6.42. The van der Waals surface area contributed by atoms with E-state index in [1.165, 1.54) is 22.5 Å². The third-order valence-corrected chi connectivity index (χ3v) is 7.30. The quantitative estimate of drug-likeness (QED) is 0.574. The van der Waals surface area contributed by atoms with Crippen LogP contribution in [0.15, 0.2) is 41.3 Å². The predicted molar refractivity (Wildman–Crippen MR) is 110 cm³/mol. The highest BCUT2D eigenvalue weighted by Crippen LogP contribution is 2.27. The zero-order valence-corrected chi connectivity index (χ0v) is 17.9. The molecule has 0 aromatic heterocycles. The first-order chi connectivity index (χ1) is 13.3. The van der Waals surface area contributed by atoms with Crippen molar-refractivity contribution in [3.63, 3.8) is 0 Å². The van der Waals surface area contributed by atoms with Crippen LogP contribution in [-0.4, -0.2) is 31.8 Å². The molecule has 1 fully saturated rings. The molecule has 0 N–H and O–H groups in total. The smallest absolute Gasteiger partial charge is 0.340 e. The zero-order valence-electron chi connectivity index (χ0n) is 14.8. The van der Waals surface area contributed by atoms with Crippen LogP contribution in [0.1, 0.15) is 35.2 Å². The van der Waals surface area contributed by atoms with Crippen molar-refractivity contribution in [1.29, 1.82) is 0 Å². The van der Waals surface area contributed by atoms with Gasteiger partial charge in [-0.2, -0.15) is 4.31 Å². The maximum absolute atomic E-state index is 12.8. The van der Waals surface area contributed by atoms with E-state index in [-0.39, 0.29) is 22.1 Å². The van der Waals surface area contributed by atoms with E-state index < -0.39 is 16.0 Å². The van der Waals surface area contributed by atoms with Gasteiger partial charge in [0.2, 0.25) is 10.0 Å². The van der Waals surface area contributed by atoms with Crippen molar-refractivity contribution in [2.75, 3.05) is 13.1 Å². The van der Waals surface area contributed by atoms with Crippen LogP contribution in [0.4, 0.5) is 0 Å². The Bertz CT molecular complexity index is 989. The van der Waals surface area contributed by atoms with E-state index in [0.717, 1.165) is 19.3 Å². The monoisotopic (exact) mass is 461 g/mol. The molecule has 0 unspecified atom stereocenters. The van der Waals surface area contributed by atoms with E-state index in [0.29, 0.717) is 28.7 Å². The van der Waals surface area contributed by atoms with E-state index >= 15 is 0 Å². The lowest BCUT2D eigenvalue weighted by molar-refractivity contribution is 0.0473. The van der Waals surface area contributed by atoms with Crippen molar-refractivity contribution in [3.8, 4) is 0 Å². The first kappa shape index (κ1) is 21.4. The molecule has 5 nitrogen and oxygen atoms in total. The van der Waals surface area contributed by atoms with E-state index in [1.54, 1.807) is 18.2 Å². The van der Waals surface area contributed by atoms with Gasteiger partial charge < -0.3 is 4.74 Å². The summed E-state index contributed by atoms with van der Waals surface area (Å²) in [6.45, 7) is 0.855. The molecule has 0 spiro atoms. The maximum Gasteiger partial charge on any atom is 0.340 e. The Morgan fingerprint density at radius 3 is 2.36 bits per heavy atom. The minimum absolute atomic E-state index is 0.00941. The molecule has 1 aliphatic rings. The molecule has 0 aliphatic carbocycles. The van der Waals surface area contributed by atoms with Crippen molar-refractivity contribution in [3.05, 3.63) is 62.6 Å². The summed E-state index contributed by atoms with van der Waals surface area (Å²) < 4.78 is 32.4. The predicted octanol–water partition coefficient (Wildman–Crippen LogP) is 5.18. The lowest BCUT2D eigenvalue weighted by Gasteiger charge is -2.26. The van der Waals surface area contributed by atoms with Gasteiger partial charge in [-0.25, -0.2) is 13.2 Å². The molecule has 2 aromatic carbocycles. The molecular formula is C19H18Cl3NO4S. The second kappa shape index (κ2) is 9.01. The Labute approximate surface area is 179 Å². The number of hydrogen-bond donors (Lipinski definition) is 0. The summed E-state index contributed by atoms with van der Waals surface area (Å²) in [4.78, 5) is 12.5. The topological polar surface area (TPSA) is 63.7 Å². The molecule has 1 aliphatic heterocycles. The molecule has 1 saturated heterocycles. The number of hydrogen-bond acceptors (Lipinski definition) is 4. The van der Waals surface area contributed by atoms with Gasteiger partial charge in [0.15, 0.2) is 0 Å². The van der Waals surface area contributed by atoms with Crippen LogP contribution in [0, 0.1) is 0 Å². The largest absolute Gasteiger partial charge is 0.457 e. The van der Waals surface area contributed by atoms with Crippen molar-refractivity contribution >= 4 is 50.8 Å². The van der Waals surface area contributed by atoms with Gasteiger partial charge in [0, 0.05) is 28.7 Å². The Morgan fingerprint density at radius 1 is 0.964 bits per heavy atom. The summed E-state index contributed by atoms with van der Waals surface area (Å²) in [5.74, 6) is -0.730. The lowest BCUT2D eigenvalue weighted by atomic mass is 10.2. The Hall–Kier alpha value is -1.31. The summed E-state index contributed by atoms with van der Waals surface area (Å²) in [6.07, 6.45) is 2.66. The molecule has 150 valence electrons. The van der Waals surface area contributed by atoms with Crippen molar-refractivity contribution in [1.82, 2.24) is 4.31 Å². The van der Waals surface area contributed by atoms with Gasteiger partial charge in [-0.15, -0.1) is 0 Å². The highest BCUT2D eigenvalue weighted by molar-refractivity contribution is 7.89. The number of halogens is 3. The Balaban J connectivity index is 1.79. The molecular weight excluding hydrogens is 445 g/mol. The van der Waals surface area contributed by atoms with Gasteiger partial charge in [0.05, 0.1) is 15.5 Å². The average Bonchev–Trinajstić information content (AvgIpc) is 2.68. The number of sulfonamides is 1. The van der Waals surface area contributed by atoms with Gasteiger partial charge in [0.25, 0.3) is 0 Å². The summed E-state index contributed by atoms with van der Waals surface area (Å²) in [5, 5.41) is 0.955. The van der Waals surface area contributed by atoms with Crippen LogP contribution in [0.25, 0.3) is 0 Å². The van der Waals surface area contributed by atoms with Gasteiger partial charge in [-0.3, -0.25) is 0 Å². The summed E-state index contributed by atoms with van der Waals surface area (Å²) >= 11 is 18.0. The number of rotatable bonds is 5. The number of ether oxygens (including phenoxy) is 1. The van der Waals surface area contributed by atoms with Crippen molar-refractivity contribution < 1.29 is 17.9 Å². The van der Waals surface area contributed by atoms with E-state index in [4.69, 9.17) is 39.5 Å². The van der Waals surface area contributed by atoms with Crippen LogP contribution in [-0.2, 0) is 21.4 Å². The Kier molecular flexibility index (Phi) is 6.89. The number of carbonyl (C=O) groups excluding carboxylic acids is 1. The molecule has 28 heavy (non-hydrogen) atoms. The SMILES string of the molecule is O=C(OCc1ccc(Cl)cc1Cl)c1cc(S(=O)(=O)N2CCCCC2)ccc1Cl. The molecule has 0 bridgehead atoms. The molecule has 3 rings (SSSR count). The third-order valence-electron chi connectivity index (χ3n) is 4.48. The average molecular weight is 463 g/mol. The standard InChI is InChI=1S/C19H18Cl3NO4S/c20-14-5-4-13(18(22)10-14)12-27-19(24)16-11-15(6-7-17(16)21)28(25,26)23-8-2-1-3-9-23/h4-7,10-11H,1-3,8-9,12H2. The molecule has 0 radical (unpaired) electrons. The minimum Gasteiger partial charge on any atom is -0.457 e. The fourth-order valence-corrected chi connectivity index (χ4v) is 5.14. The molecule has 2 aromatic rings. The minimum atomic E-state index is -3.68. The van der Waals surface area contributed by atoms with Crippen molar-refractivity contribution in [2.45, 2.75) is 30.8 Å². The van der Waals surface area contributed by atoms with Crippen LogP contribution in [0.5, 0.6) is 0 Å². The molecule has 0 saturated carbocycles. The number of nitrogens with zero attached hydrogens (tertiary/aromatic N) is 1. The molecule has 0 amide bonds. The van der Waals surface area contributed by atoms with Crippen LogP contribution < -0.4 is 0 Å². The highest BCUT2D eigenvalue weighted by atomic mass is 35.5. The van der Waals surface area contributed by atoms with Gasteiger partial charge in [-0.1, -0.05) is 47.3 Å². The van der Waals surface area contributed by atoms with Gasteiger partial charge in [0.1, 0.15) is 6.61 Å². The lowest BCUT2D eigenvalue weighted by Crippen LogP contribution is -2.35. The van der Waals surface area contributed by atoms with E-state index in [9.17, 15) is 13.2 Å². The first-order valence-corrected chi connectivity index (χ1v) is 11.3. The number of benzene rings is 2.